The average molecular weight is 231 g/mol. The van der Waals surface area contributed by atoms with Gasteiger partial charge < -0.3 is 9.69 Å². The van der Waals surface area contributed by atoms with Crippen LogP contribution < -0.4 is 4.90 Å². The predicted molar refractivity (Wildman–Crippen MR) is 58.1 cm³/mol. The highest BCUT2D eigenvalue weighted by molar-refractivity contribution is 7.14. The maximum Gasteiger partial charge on any atom is 0.186 e. The molecule has 2 rings (SSSR count). The fraction of sp³-hybridized carbons (Fsp3) is 0.556. The Morgan fingerprint density at radius 1 is 1.57 bits per heavy atom. The Morgan fingerprint density at radius 3 is 2.79 bits per heavy atom. The summed E-state index contributed by atoms with van der Waals surface area (Å²) in [6, 6.07) is 0. The van der Waals surface area contributed by atoms with Crippen molar-refractivity contribution in [1.29, 1.82) is 0 Å². The Labute approximate surface area is 91.7 Å². The topological polar surface area (TPSA) is 33.2 Å². The predicted octanol–water partition coefficient (Wildman–Crippen LogP) is 2.21. The van der Waals surface area contributed by atoms with E-state index in [2.05, 4.69) is 9.88 Å². The molecule has 1 aliphatic heterocycles. The molecule has 5 heteroatoms. The molecular formula is C9H11ClN2OS. The van der Waals surface area contributed by atoms with E-state index in [1.54, 1.807) is 11.3 Å². The number of aromatic nitrogens is 1. The van der Waals surface area contributed by atoms with Crippen molar-refractivity contribution in [2.75, 3.05) is 18.0 Å². The van der Waals surface area contributed by atoms with Crippen molar-refractivity contribution >= 4 is 34.4 Å². The minimum atomic E-state index is 0.238. The summed E-state index contributed by atoms with van der Waals surface area (Å²) in [5, 5.41) is 3.37. The highest BCUT2D eigenvalue weighted by Crippen LogP contribution is 2.27. The standard InChI is InChI=1S/C9H11ClN2OS/c10-8-6-14-9(11-8)12-3-1-7(5-13)2-4-12/h5-7H,1-4H2. The first kappa shape index (κ1) is 9.93. The van der Waals surface area contributed by atoms with Crippen LogP contribution in [0.2, 0.25) is 5.15 Å². The van der Waals surface area contributed by atoms with Crippen LogP contribution in [0.25, 0.3) is 0 Å². The largest absolute Gasteiger partial charge is 0.348 e. The monoisotopic (exact) mass is 230 g/mol. The fourth-order valence-electron chi connectivity index (χ4n) is 1.62. The molecule has 0 N–H and O–H groups in total. The molecule has 0 amide bonds. The zero-order valence-corrected chi connectivity index (χ0v) is 9.22. The molecule has 1 aliphatic rings. The van der Waals surface area contributed by atoms with Crippen LogP contribution in [0.5, 0.6) is 0 Å². The number of carbonyl (C=O) groups excluding carboxylic acids is 1. The minimum absolute atomic E-state index is 0.238. The van der Waals surface area contributed by atoms with Gasteiger partial charge in [-0.25, -0.2) is 4.98 Å². The number of aldehydes is 1. The number of hydrogen-bond acceptors (Lipinski definition) is 4. The lowest BCUT2D eigenvalue weighted by Crippen LogP contribution is -2.33. The molecule has 0 aliphatic carbocycles. The van der Waals surface area contributed by atoms with Crippen LogP contribution in [0.4, 0.5) is 5.13 Å². The number of thiazole rings is 1. The van der Waals surface area contributed by atoms with Gasteiger partial charge in [0.05, 0.1) is 0 Å². The zero-order chi connectivity index (χ0) is 9.97. The van der Waals surface area contributed by atoms with Crippen molar-refractivity contribution < 1.29 is 4.79 Å². The molecule has 14 heavy (non-hydrogen) atoms. The van der Waals surface area contributed by atoms with Gasteiger partial charge in [0.2, 0.25) is 0 Å². The molecule has 0 atom stereocenters. The van der Waals surface area contributed by atoms with E-state index in [1.165, 1.54) is 0 Å². The first-order valence-corrected chi connectivity index (χ1v) is 5.86. The normalized spacial score (nSPS) is 18.5. The van der Waals surface area contributed by atoms with Gasteiger partial charge in [-0.15, -0.1) is 11.3 Å². The molecular weight excluding hydrogens is 220 g/mol. The van der Waals surface area contributed by atoms with Crippen LogP contribution in [0, 0.1) is 5.92 Å². The molecule has 0 radical (unpaired) electrons. The molecule has 1 aromatic heterocycles. The molecule has 0 saturated carbocycles. The van der Waals surface area contributed by atoms with E-state index < -0.39 is 0 Å². The Bertz CT molecular complexity index is 320. The number of anilines is 1. The fourth-order valence-corrected chi connectivity index (χ4v) is 2.62. The second-order valence-corrected chi connectivity index (χ2v) is 4.64. The number of piperidine rings is 1. The molecule has 76 valence electrons. The highest BCUT2D eigenvalue weighted by Gasteiger charge is 2.20. The SMILES string of the molecule is O=CC1CCN(c2nc(Cl)cs2)CC1. The Hall–Kier alpha value is -0.610. The third-order valence-corrected chi connectivity index (χ3v) is 3.69. The summed E-state index contributed by atoms with van der Waals surface area (Å²) < 4.78 is 0. The van der Waals surface area contributed by atoms with Crippen LogP contribution >= 0.6 is 22.9 Å². The van der Waals surface area contributed by atoms with E-state index in [0.29, 0.717) is 5.15 Å². The van der Waals surface area contributed by atoms with E-state index in [0.717, 1.165) is 37.3 Å². The van der Waals surface area contributed by atoms with Gasteiger partial charge in [0.15, 0.2) is 5.13 Å². The molecule has 0 spiro atoms. The highest BCUT2D eigenvalue weighted by atomic mass is 35.5. The second kappa shape index (κ2) is 4.28. The summed E-state index contributed by atoms with van der Waals surface area (Å²) in [7, 11) is 0. The van der Waals surface area contributed by atoms with Gasteiger partial charge >= 0.3 is 0 Å². The van der Waals surface area contributed by atoms with Crippen LogP contribution in [0.15, 0.2) is 5.38 Å². The summed E-state index contributed by atoms with van der Waals surface area (Å²) in [6.07, 6.45) is 2.92. The van der Waals surface area contributed by atoms with Gasteiger partial charge in [-0.05, 0) is 12.8 Å². The summed E-state index contributed by atoms with van der Waals surface area (Å²) in [6.45, 7) is 1.82. The van der Waals surface area contributed by atoms with Crippen molar-refractivity contribution in [1.82, 2.24) is 4.98 Å². The summed E-state index contributed by atoms with van der Waals surface area (Å²) in [4.78, 5) is 17.0. The van der Waals surface area contributed by atoms with Crippen LogP contribution in [-0.2, 0) is 4.79 Å². The number of rotatable bonds is 2. The molecule has 3 nitrogen and oxygen atoms in total. The van der Waals surface area contributed by atoms with E-state index in [4.69, 9.17) is 11.6 Å². The molecule has 2 heterocycles. The molecule has 1 aromatic rings. The zero-order valence-electron chi connectivity index (χ0n) is 7.65. The quantitative estimate of drug-likeness (QED) is 0.731. The lowest BCUT2D eigenvalue weighted by molar-refractivity contribution is -0.111. The number of carbonyl (C=O) groups is 1. The van der Waals surface area contributed by atoms with Gasteiger partial charge in [0.25, 0.3) is 0 Å². The van der Waals surface area contributed by atoms with Gasteiger partial charge in [0, 0.05) is 24.4 Å². The van der Waals surface area contributed by atoms with Crippen molar-refractivity contribution in [3.8, 4) is 0 Å². The van der Waals surface area contributed by atoms with E-state index in [1.807, 2.05) is 5.38 Å². The van der Waals surface area contributed by atoms with Crippen LogP contribution in [0.3, 0.4) is 0 Å². The van der Waals surface area contributed by atoms with Crippen molar-refractivity contribution in [3.05, 3.63) is 10.5 Å². The summed E-state index contributed by atoms with van der Waals surface area (Å²) >= 11 is 7.31. The Morgan fingerprint density at radius 2 is 2.29 bits per heavy atom. The molecule has 0 aromatic carbocycles. The van der Waals surface area contributed by atoms with Gasteiger partial charge in [-0.2, -0.15) is 0 Å². The maximum absolute atomic E-state index is 10.6. The third kappa shape index (κ3) is 2.07. The number of nitrogens with zero attached hydrogens (tertiary/aromatic N) is 2. The maximum atomic E-state index is 10.6. The lowest BCUT2D eigenvalue weighted by Gasteiger charge is -2.29. The second-order valence-electron chi connectivity index (χ2n) is 3.41. The van der Waals surface area contributed by atoms with Crippen LogP contribution in [-0.4, -0.2) is 24.4 Å². The smallest absolute Gasteiger partial charge is 0.186 e. The van der Waals surface area contributed by atoms with Crippen molar-refractivity contribution in [3.63, 3.8) is 0 Å². The third-order valence-electron chi connectivity index (χ3n) is 2.47. The first-order valence-electron chi connectivity index (χ1n) is 4.61. The average Bonchev–Trinajstić information content (AvgIpc) is 2.65. The molecule has 0 unspecified atom stereocenters. The Balaban J connectivity index is 1.98. The van der Waals surface area contributed by atoms with Crippen molar-refractivity contribution in [2.24, 2.45) is 5.92 Å². The minimum Gasteiger partial charge on any atom is -0.348 e. The van der Waals surface area contributed by atoms with E-state index >= 15 is 0 Å². The summed E-state index contributed by atoms with van der Waals surface area (Å²) in [5.41, 5.74) is 0. The van der Waals surface area contributed by atoms with E-state index in [-0.39, 0.29) is 5.92 Å². The number of hydrogen-bond donors (Lipinski definition) is 0. The van der Waals surface area contributed by atoms with Gasteiger partial charge in [-0.3, -0.25) is 0 Å². The lowest BCUT2D eigenvalue weighted by atomic mass is 9.99. The van der Waals surface area contributed by atoms with Crippen molar-refractivity contribution in [2.45, 2.75) is 12.8 Å². The van der Waals surface area contributed by atoms with E-state index in [9.17, 15) is 4.79 Å². The number of halogens is 1. The Kier molecular flexibility index (Phi) is 3.03. The van der Waals surface area contributed by atoms with Gasteiger partial charge in [0.1, 0.15) is 11.4 Å². The molecule has 1 fully saturated rings. The van der Waals surface area contributed by atoms with Gasteiger partial charge in [-0.1, -0.05) is 11.6 Å². The molecule has 0 bridgehead atoms. The molecule has 1 saturated heterocycles. The summed E-state index contributed by atoms with van der Waals surface area (Å²) in [5.74, 6) is 0.238. The first-order chi connectivity index (χ1) is 6.79. The van der Waals surface area contributed by atoms with Crippen LogP contribution in [0.1, 0.15) is 12.8 Å².